The molecule has 1 aromatic heterocycles. The van der Waals surface area contributed by atoms with Crippen LogP contribution in [-0.4, -0.2) is 99.6 Å². The molecule has 3 aliphatic heterocycles. The number of primary amides is 1. The van der Waals surface area contributed by atoms with Gasteiger partial charge in [-0.05, 0) is 21.4 Å². The van der Waals surface area contributed by atoms with Crippen LogP contribution in [0.25, 0.3) is 0 Å². The maximum atomic E-state index is 13.2. The number of nitrogens with one attached hydrogen (secondary N) is 1. The summed E-state index contributed by atoms with van der Waals surface area (Å²) in [6, 6.07) is -1.28. The van der Waals surface area contributed by atoms with Crippen molar-refractivity contribution in [3.8, 4) is 0 Å². The zero-order chi connectivity index (χ0) is 26.4. The Morgan fingerprint density at radius 3 is 2.53 bits per heavy atom. The maximum Gasteiger partial charge on any atom is 0.343 e. The van der Waals surface area contributed by atoms with Crippen molar-refractivity contribution in [2.45, 2.75) is 26.9 Å². The Hall–Kier alpha value is -2.74. The molecule has 2 fully saturated rings. The van der Waals surface area contributed by atoms with E-state index in [4.69, 9.17) is 15.6 Å². The van der Waals surface area contributed by atoms with Crippen molar-refractivity contribution in [2.75, 3.05) is 12.9 Å². The van der Waals surface area contributed by atoms with Gasteiger partial charge in [-0.2, -0.15) is 0 Å². The number of tetrazole rings is 1. The fraction of sp³-hybridized carbons (Fsp3) is 0.412. The Labute approximate surface area is 219 Å². The summed E-state index contributed by atoms with van der Waals surface area (Å²) in [6.45, 7) is 0. The quantitative estimate of drug-likeness (QED) is 0.0664. The van der Waals surface area contributed by atoms with Crippen LogP contribution in [0.5, 0.6) is 0 Å². The van der Waals surface area contributed by atoms with E-state index in [0.29, 0.717) is 10.7 Å². The molecular weight excluding hydrogens is 558 g/mol. The van der Waals surface area contributed by atoms with Crippen molar-refractivity contribution >= 4 is 76.7 Å². The minimum atomic E-state index is -1.82. The molecule has 15 nitrogen and oxygen atoms in total. The van der Waals surface area contributed by atoms with Gasteiger partial charge in [0.15, 0.2) is 6.04 Å². The van der Waals surface area contributed by atoms with Crippen LogP contribution < -0.4 is 11.1 Å². The summed E-state index contributed by atoms with van der Waals surface area (Å²) in [5, 5.41) is 33.8. The van der Waals surface area contributed by atoms with Crippen molar-refractivity contribution in [3.63, 3.8) is 0 Å². The summed E-state index contributed by atoms with van der Waals surface area (Å²) in [7, 11) is 2.85. The van der Waals surface area contributed by atoms with Gasteiger partial charge in [0.05, 0.1) is 4.24 Å². The van der Waals surface area contributed by atoms with Gasteiger partial charge in [0.1, 0.15) is 15.5 Å². The molecule has 0 bridgehead atoms. The van der Waals surface area contributed by atoms with E-state index >= 15 is 0 Å². The first-order chi connectivity index (χ1) is 17.0. The Bertz CT molecular complexity index is 1210. The molecule has 0 aromatic carbocycles. The number of amides is 3. The summed E-state index contributed by atoms with van der Waals surface area (Å²) >= 11 is 3.94. The minimum Gasteiger partial charge on any atom is -0.479 e. The number of carboxylic acids is 2. The van der Waals surface area contributed by atoms with E-state index in [1.807, 2.05) is 0 Å². The van der Waals surface area contributed by atoms with Crippen LogP contribution in [0.2, 0.25) is 0 Å². The van der Waals surface area contributed by atoms with Crippen LogP contribution >= 0.6 is 47.0 Å². The summed E-state index contributed by atoms with van der Waals surface area (Å²) in [5.74, 6) is -5.09. The first kappa shape index (κ1) is 26.3. The van der Waals surface area contributed by atoms with E-state index in [0.717, 1.165) is 40.2 Å². The molecule has 4 rings (SSSR count). The third-order valence-electron chi connectivity index (χ3n) is 5.25. The van der Waals surface area contributed by atoms with Crippen LogP contribution in [0.3, 0.4) is 0 Å². The Kier molecular flexibility index (Phi) is 7.28. The third kappa shape index (κ3) is 4.33. The first-order valence-corrected chi connectivity index (χ1v) is 13.4. The van der Waals surface area contributed by atoms with Crippen molar-refractivity contribution in [1.82, 2.24) is 30.4 Å². The highest BCUT2D eigenvalue weighted by atomic mass is 32.3. The lowest BCUT2D eigenvalue weighted by Crippen LogP contribution is -2.83. The van der Waals surface area contributed by atoms with Crippen LogP contribution in [0, 0.1) is 0 Å². The molecule has 0 spiro atoms. The van der Waals surface area contributed by atoms with E-state index < -0.39 is 57.0 Å². The molecule has 192 valence electrons. The molecular formula is C17H17N7O8S4. The van der Waals surface area contributed by atoms with Crippen LogP contribution in [0.1, 0.15) is 0 Å². The Morgan fingerprint density at radius 2 is 2.00 bits per heavy atom. The zero-order valence-corrected chi connectivity index (χ0v) is 21.6. The summed E-state index contributed by atoms with van der Waals surface area (Å²) in [4.78, 5) is 61.8. The van der Waals surface area contributed by atoms with Gasteiger partial charge in [-0.3, -0.25) is 14.4 Å². The van der Waals surface area contributed by atoms with E-state index in [-0.39, 0.29) is 9.99 Å². The number of hydrogen-bond acceptors (Lipinski definition) is 13. The van der Waals surface area contributed by atoms with Gasteiger partial charge < -0.3 is 30.9 Å². The molecule has 36 heavy (non-hydrogen) atoms. The van der Waals surface area contributed by atoms with Gasteiger partial charge in [0.2, 0.25) is 11.1 Å². The lowest BCUT2D eigenvalue weighted by atomic mass is 9.95. The second-order valence-corrected chi connectivity index (χ2v) is 12.0. The Morgan fingerprint density at radius 1 is 1.31 bits per heavy atom. The fourth-order valence-electron chi connectivity index (χ4n) is 3.54. The topological polar surface area (TPSA) is 220 Å². The average Bonchev–Trinajstić information content (AvgIpc) is 3.20. The highest BCUT2D eigenvalue weighted by Gasteiger charge is 2.68. The predicted octanol–water partition coefficient (Wildman–Crippen LogP) is -1.40. The smallest absolute Gasteiger partial charge is 0.343 e. The molecule has 3 amide bonds. The number of thioether (sulfide) groups is 4. The van der Waals surface area contributed by atoms with Crippen molar-refractivity contribution in [2.24, 2.45) is 12.8 Å². The number of rotatable bonds is 9. The number of carboxylic acid groups (broad SMARTS) is 2. The minimum absolute atomic E-state index is 0.0735. The van der Waals surface area contributed by atoms with Crippen molar-refractivity contribution < 1.29 is 38.9 Å². The van der Waals surface area contributed by atoms with E-state index in [9.17, 15) is 29.1 Å². The maximum absolute atomic E-state index is 13.2. The second kappa shape index (κ2) is 9.96. The number of ether oxygens (including phenoxy) is 1. The number of aliphatic carboxylic acids is 2. The highest BCUT2D eigenvalue weighted by molar-refractivity contribution is 8.39. The molecule has 3 atom stereocenters. The van der Waals surface area contributed by atoms with Crippen LogP contribution in [0.15, 0.2) is 25.9 Å². The van der Waals surface area contributed by atoms with E-state index in [1.165, 1.54) is 23.6 Å². The standard InChI is InChI=1S/C17H17N7O8S4/c1-23-16(20-21-22-23)34-4-5-3-33-15-17(32-2,14(31)24(15)7(5)11(29)30)19-9(26)13-35-12(36-13)6(8(18)25)10(27)28/h3,7,13,15H,4H2,1-2H3,(H2,18,25)(H,19,26)(H,27,28)(H,29,30)/t7?,13?,15-,17+/m1/s1. The highest BCUT2D eigenvalue weighted by Crippen LogP contribution is 2.53. The predicted molar refractivity (Wildman–Crippen MR) is 128 cm³/mol. The molecule has 0 saturated carbocycles. The van der Waals surface area contributed by atoms with Gasteiger partial charge in [0, 0.05) is 19.9 Å². The van der Waals surface area contributed by atoms with Crippen molar-refractivity contribution in [1.29, 1.82) is 0 Å². The molecule has 4 heterocycles. The number of aryl methyl sites for hydroxylation is 1. The number of methoxy groups -OCH3 is 1. The largest absolute Gasteiger partial charge is 0.479 e. The molecule has 19 heteroatoms. The lowest BCUT2D eigenvalue weighted by molar-refractivity contribution is -0.201. The van der Waals surface area contributed by atoms with Crippen molar-refractivity contribution in [3.05, 3.63) is 20.8 Å². The van der Waals surface area contributed by atoms with Gasteiger partial charge in [-0.1, -0.05) is 35.3 Å². The molecule has 5 N–H and O–H groups in total. The molecule has 1 unspecified atom stereocenters. The summed E-state index contributed by atoms with van der Waals surface area (Å²) in [5.41, 5.74) is 3.07. The lowest BCUT2D eigenvalue weighted by Gasteiger charge is -2.57. The number of hydrogen-bond donors (Lipinski definition) is 4. The molecule has 3 aliphatic rings. The fourth-order valence-corrected chi connectivity index (χ4v) is 8.03. The van der Waals surface area contributed by atoms with Gasteiger partial charge in [-0.15, -0.1) is 16.9 Å². The van der Waals surface area contributed by atoms with E-state index in [1.54, 1.807) is 12.5 Å². The van der Waals surface area contributed by atoms with Gasteiger partial charge in [-0.25, -0.2) is 14.3 Å². The number of nitrogens with zero attached hydrogens (tertiary/aromatic N) is 5. The zero-order valence-electron chi connectivity index (χ0n) is 18.3. The number of carbonyl (C=O) groups excluding carboxylic acids is 3. The van der Waals surface area contributed by atoms with Gasteiger partial charge in [0.25, 0.3) is 17.5 Å². The first-order valence-electron chi connectivity index (χ1n) is 9.74. The summed E-state index contributed by atoms with van der Waals surface area (Å²) < 4.78 is 6.03. The molecule has 1 aromatic rings. The molecule has 2 saturated heterocycles. The second-order valence-electron chi connectivity index (χ2n) is 7.34. The van der Waals surface area contributed by atoms with Gasteiger partial charge >= 0.3 is 11.9 Å². The molecule has 0 aliphatic carbocycles. The SMILES string of the molecule is CO[C@@]1(NC(=O)C2SC(=C(C(N)=O)C(=O)O)S2)C(=O)N2C(C(=O)O)C(CSc3nnnn3C)=CS[C@@H]21. The number of β-lactam (4-membered cyclic amide) rings is 1. The number of nitrogens with two attached hydrogens (primary N) is 1. The molecule has 0 radical (unpaired) electrons. The average molecular weight is 576 g/mol. The van der Waals surface area contributed by atoms with Crippen LogP contribution in [0.4, 0.5) is 0 Å². The number of carbonyl (C=O) groups is 5. The normalized spacial score (nSPS) is 26.8. The monoisotopic (exact) mass is 575 g/mol. The van der Waals surface area contributed by atoms with E-state index in [2.05, 4.69) is 20.8 Å². The van der Waals surface area contributed by atoms with Crippen LogP contribution in [-0.2, 0) is 35.8 Å². The Balaban J connectivity index is 1.48. The number of aromatic nitrogens is 4. The summed E-state index contributed by atoms with van der Waals surface area (Å²) in [6.07, 6.45) is 0. The number of fused-ring (bicyclic) bond motifs is 1. The third-order valence-corrected chi connectivity index (χ3v) is 10.4.